The summed E-state index contributed by atoms with van der Waals surface area (Å²) in [6, 6.07) is 0. The van der Waals surface area contributed by atoms with Gasteiger partial charge in [-0.25, -0.2) is 0 Å². The minimum atomic E-state index is 0.587. The molecule has 4 aliphatic heterocycles. The molecule has 4 heterocycles. The molecular weight excluding hydrogens is 488 g/mol. The molecule has 0 unspecified atom stereocenters. The minimum absolute atomic E-state index is 0.587. The number of ether oxygens (including phenoxy) is 5. The van der Waals surface area contributed by atoms with Crippen LogP contribution in [-0.2, 0) is 23.7 Å². The summed E-state index contributed by atoms with van der Waals surface area (Å²) in [4.78, 5) is 0. The average molecular weight is 567 g/mol. The Morgan fingerprint density at radius 3 is 0.692 bits per heavy atom. The summed E-state index contributed by atoms with van der Waals surface area (Å²) in [6.07, 6.45) is 19.0. The Labute approximate surface area is 248 Å². The molecule has 0 aromatic rings. The standard InChI is InChI=1S/C7H14O.2C5H10O.C4H8O.C3H6O.5C2H6/c1-8-7-5-3-2-4-6-7;2*1-2-4-6-5-3-1;1-2-4-5-3-1;1-2-4-3-1;5*1-2/h7H,2-6H2,1H3;2*1-5H2;1-4H2;1-3H2;5*1-2H3. The number of hydrogen-bond donors (Lipinski definition) is 0. The van der Waals surface area contributed by atoms with E-state index in [0.29, 0.717) is 6.10 Å². The van der Waals surface area contributed by atoms with Crippen molar-refractivity contribution >= 4 is 0 Å². The van der Waals surface area contributed by atoms with E-state index in [1.807, 2.05) is 76.3 Å². The zero-order valence-corrected chi connectivity index (χ0v) is 29.2. The molecule has 0 aromatic heterocycles. The first-order valence-electron chi connectivity index (χ1n) is 17.3. The monoisotopic (exact) mass is 567 g/mol. The molecule has 244 valence electrons. The van der Waals surface area contributed by atoms with E-state index in [-0.39, 0.29) is 0 Å². The molecule has 0 radical (unpaired) electrons. The van der Waals surface area contributed by atoms with Crippen LogP contribution in [0.3, 0.4) is 0 Å². The molecule has 5 fully saturated rings. The molecule has 39 heavy (non-hydrogen) atoms. The zero-order chi connectivity index (χ0) is 30.7. The highest BCUT2D eigenvalue weighted by molar-refractivity contribution is 4.63. The van der Waals surface area contributed by atoms with E-state index in [2.05, 4.69) is 0 Å². The van der Waals surface area contributed by atoms with Gasteiger partial charge in [-0.15, -0.1) is 0 Å². The maximum absolute atomic E-state index is 5.19. The fourth-order valence-electron chi connectivity index (χ4n) is 3.33. The topological polar surface area (TPSA) is 46.2 Å². The summed E-state index contributed by atoms with van der Waals surface area (Å²) in [7, 11) is 1.82. The van der Waals surface area contributed by atoms with Crippen LogP contribution in [-0.4, -0.2) is 66.1 Å². The van der Waals surface area contributed by atoms with Gasteiger partial charge in [0.2, 0.25) is 0 Å². The lowest BCUT2D eigenvalue weighted by Crippen LogP contribution is -2.13. The molecule has 0 atom stereocenters. The van der Waals surface area contributed by atoms with Gasteiger partial charge in [0, 0.05) is 60.0 Å². The molecule has 0 bridgehead atoms. The molecule has 5 heteroatoms. The van der Waals surface area contributed by atoms with Crippen LogP contribution in [0, 0.1) is 0 Å². The third-order valence-corrected chi connectivity index (χ3v) is 5.44. The van der Waals surface area contributed by atoms with Crippen LogP contribution in [0.4, 0.5) is 0 Å². The highest BCUT2D eigenvalue weighted by Crippen LogP contribution is 2.19. The highest BCUT2D eigenvalue weighted by atomic mass is 16.5. The molecule has 5 nitrogen and oxygen atoms in total. The lowest BCUT2D eigenvalue weighted by molar-refractivity contribution is 0.0367. The second kappa shape index (κ2) is 57.6. The van der Waals surface area contributed by atoms with E-state index in [0.717, 1.165) is 52.9 Å². The lowest BCUT2D eigenvalue weighted by atomic mass is 9.98. The zero-order valence-electron chi connectivity index (χ0n) is 29.2. The summed E-state index contributed by atoms with van der Waals surface area (Å²) in [5.41, 5.74) is 0. The Balaban J connectivity index is -0.000000115. The molecule has 0 spiro atoms. The van der Waals surface area contributed by atoms with Crippen molar-refractivity contribution in [3.8, 4) is 0 Å². The van der Waals surface area contributed by atoms with Crippen molar-refractivity contribution < 1.29 is 23.7 Å². The molecule has 0 amide bonds. The summed E-state index contributed by atoms with van der Waals surface area (Å²) < 4.78 is 25.0. The Morgan fingerprint density at radius 2 is 0.564 bits per heavy atom. The van der Waals surface area contributed by atoms with E-state index in [9.17, 15) is 0 Å². The van der Waals surface area contributed by atoms with Gasteiger partial charge in [-0.05, 0) is 70.6 Å². The summed E-state index contributed by atoms with van der Waals surface area (Å²) in [5, 5.41) is 0. The third kappa shape index (κ3) is 51.1. The molecule has 5 aliphatic rings. The predicted molar refractivity (Wildman–Crippen MR) is 175 cm³/mol. The van der Waals surface area contributed by atoms with E-state index in [1.165, 1.54) is 89.9 Å². The molecule has 1 saturated carbocycles. The molecule has 4 saturated heterocycles. The molecule has 1 aliphatic carbocycles. The first kappa shape index (κ1) is 48.5. The number of hydrogen-bond acceptors (Lipinski definition) is 5. The average Bonchev–Trinajstić information content (AvgIpc) is 3.65. The van der Waals surface area contributed by atoms with Crippen molar-refractivity contribution in [3.63, 3.8) is 0 Å². The van der Waals surface area contributed by atoms with Gasteiger partial charge in [0.1, 0.15) is 0 Å². The van der Waals surface area contributed by atoms with Crippen molar-refractivity contribution in [1.29, 1.82) is 0 Å². The normalized spacial score (nSPS) is 18.5. The van der Waals surface area contributed by atoms with Gasteiger partial charge in [0.15, 0.2) is 0 Å². The maximum atomic E-state index is 5.19. The van der Waals surface area contributed by atoms with Crippen molar-refractivity contribution in [2.45, 2.75) is 165 Å². The van der Waals surface area contributed by atoms with Crippen LogP contribution in [0.2, 0.25) is 0 Å². The van der Waals surface area contributed by atoms with Crippen LogP contribution in [0.5, 0.6) is 0 Å². The largest absolute Gasteiger partial charge is 0.381 e. The van der Waals surface area contributed by atoms with Gasteiger partial charge >= 0.3 is 0 Å². The first-order chi connectivity index (χ1) is 19.4. The van der Waals surface area contributed by atoms with Gasteiger partial charge < -0.3 is 23.7 Å². The lowest BCUT2D eigenvalue weighted by Gasteiger charge is -2.19. The SMILES string of the molecule is C1CCOC1.C1CCOCC1.C1CCOCC1.C1COC1.CC.CC.CC.CC.CC.COC1CCCCC1. The fraction of sp³-hybridized carbons (Fsp3) is 1.00. The van der Waals surface area contributed by atoms with Gasteiger partial charge in [0.25, 0.3) is 0 Å². The van der Waals surface area contributed by atoms with E-state index >= 15 is 0 Å². The molecular formula is C34H78O5. The van der Waals surface area contributed by atoms with E-state index < -0.39 is 0 Å². The van der Waals surface area contributed by atoms with Crippen LogP contribution < -0.4 is 0 Å². The third-order valence-electron chi connectivity index (χ3n) is 5.44. The molecule has 5 rings (SSSR count). The van der Waals surface area contributed by atoms with E-state index in [1.54, 1.807) is 0 Å². The number of rotatable bonds is 1. The van der Waals surface area contributed by atoms with Gasteiger partial charge in [-0.2, -0.15) is 0 Å². The molecule has 0 aromatic carbocycles. The van der Waals surface area contributed by atoms with Crippen LogP contribution >= 0.6 is 0 Å². The number of methoxy groups -OCH3 is 1. The van der Waals surface area contributed by atoms with Crippen LogP contribution in [0.25, 0.3) is 0 Å². The Hall–Kier alpha value is -0.200. The quantitative estimate of drug-likeness (QED) is 0.316. The fourth-order valence-corrected chi connectivity index (χ4v) is 3.33. The van der Waals surface area contributed by atoms with E-state index in [4.69, 9.17) is 23.7 Å². The van der Waals surface area contributed by atoms with Crippen molar-refractivity contribution in [3.05, 3.63) is 0 Å². The second-order valence-corrected chi connectivity index (χ2v) is 8.13. The van der Waals surface area contributed by atoms with Crippen molar-refractivity contribution in [1.82, 2.24) is 0 Å². The summed E-state index contributed by atoms with van der Waals surface area (Å²) in [6.45, 7) is 28.0. The Kier molecular flexibility index (Phi) is 71.7. The smallest absolute Gasteiger partial charge is 0.0571 e. The highest BCUT2D eigenvalue weighted by Gasteiger charge is 2.10. The summed E-state index contributed by atoms with van der Waals surface area (Å²) >= 11 is 0. The predicted octanol–water partition coefficient (Wildman–Crippen LogP) is 10.7. The van der Waals surface area contributed by atoms with Gasteiger partial charge in [0.05, 0.1) is 6.10 Å². The van der Waals surface area contributed by atoms with Crippen molar-refractivity contribution in [2.75, 3.05) is 60.0 Å². The van der Waals surface area contributed by atoms with Crippen molar-refractivity contribution in [2.24, 2.45) is 0 Å². The van der Waals surface area contributed by atoms with Crippen LogP contribution in [0.15, 0.2) is 0 Å². The minimum Gasteiger partial charge on any atom is -0.381 e. The molecule has 0 N–H and O–H groups in total. The Morgan fingerprint density at radius 1 is 0.333 bits per heavy atom. The van der Waals surface area contributed by atoms with Gasteiger partial charge in [-0.1, -0.05) is 88.5 Å². The Bertz CT molecular complexity index is 247. The second-order valence-electron chi connectivity index (χ2n) is 8.13. The first-order valence-corrected chi connectivity index (χ1v) is 17.3. The maximum Gasteiger partial charge on any atom is 0.0571 e. The van der Waals surface area contributed by atoms with Gasteiger partial charge in [-0.3, -0.25) is 0 Å². The summed E-state index contributed by atoms with van der Waals surface area (Å²) in [5.74, 6) is 0. The van der Waals surface area contributed by atoms with Crippen LogP contribution in [0.1, 0.15) is 159 Å².